The molecule has 7 nitrogen and oxygen atoms in total. The number of hydrogen-bond donors (Lipinski definition) is 3. The maximum absolute atomic E-state index is 13.7. The largest absolute Gasteiger partial charge is 0.478 e. The van der Waals surface area contributed by atoms with Gasteiger partial charge in [-0.3, -0.25) is 0 Å². The summed E-state index contributed by atoms with van der Waals surface area (Å²) < 4.78 is 32.4. The number of carboxylic acid groups (broad SMARTS) is 2. The zero-order valence-electron chi connectivity index (χ0n) is 15.6. The lowest BCUT2D eigenvalue weighted by molar-refractivity contribution is -0.134. The zero-order chi connectivity index (χ0) is 22.3. The van der Waals surface area contributed by atoms with Crippen molar-refractivity contribution in [1.29, 1.82) is 0 Å². The maximum atomic E-state index is 13.7. The fraction of sp³-hybridized carbons (Fsp3) is 0.0952. The van der Waals surface area contributed by atoms with E-state index in [0.717, 1.165) is 0 Å². The fourth-order valence-corrected chi connectivity index (χ4v) is 2.61. The van der Waals surface area contributed by atoms with Crippen molar-refractivity contribution < 1.29 is 33.1 Å². The van der Waals surface area contributed by atoms with E-state index in [1.165, 1.54) is 30.3 Å². The van der Waals surface area contributed by atoms with Gasteiger partial charge in [-0.25, -0.2) is 18.4 Å². The van der Waals surface area contributed by atoms with Crippen LogP contribution in [-0.4, -0.2) is 27.3 Å². The number of nitrogens with two attached hydrogens (primary N) is 1. The molecule has 30 heavy (non-hydrogen) atoms. The van der Waals surface area contributed by atoms with Gasteiger partial charge in [-0.15, -0.1) is 6.58 Å². The SMILES string of the molecule is C=CCC(N)c1ccc(F)cc1-c1noc2ccc(F)cc12.O=C(O)/C=C/C(=O)O. The van der Waals surface area contributed by atoms with Gasteiger partial charge in [0.1, 0.15) is 17.3 Å². The molecule has 0 spiro atoms. The predicted molar refractivity (Wildman–Crippen MR) is 106 cm³/mol. The highest BCUT2D eigenvalue weighted by molar-refractivity contribution is 5.92. The first kappa shape index (κ1) is 22.4. The first-order chi connectivity index (χ1) is 14.2. The molecule has 3 aromatic rings. The second-order valence-corrected chi connectivity index (χ2v) is 6.04. The van der Waals surface area contributed by atoms with Gasteiger partial charge in [0.25, 0.3) is 0 Å². The van der Waals surface area contributed by atoms with E-state index in [2.05, 4.69) is 11.7 Å². The number of fused-ring (bicyclic) bond motifs is 1. The van der Waals surface area contributed by atoms with E-state index in [4.69, 9.17) is 20.5 Å². The quantitative estimate of drug-likeness (QED) is 0.408. The molecule has 0 amide bonds. The molecule has 0 saturated heterocycles. The highest BCUT2D eigenvalue weighted by atomic mass is 19.1. The lowest BCUT2D eigenvalue weighted by Crippen LogP contribution is -2.10. The smallest absolute Gasteiger partial charge is 0.328 e. The molecule has 0 radical (unpaired) electrons. The van der Waals surface area contributed by atoms with E-state index >= 15 is 0 Å². The maximum Gasteiger partial charge on any atom is 0.328 e. The molecule has 156 valence electrons. The van der Waals surface area contributed by atoms with Gasteiger partial charge in [0.15, 0.2) is 5.58 Å². The summed E-state index contributed by atoms with van der Waals surface area (Å²) in [5, 5.41) is 20.1. The van der Waals surface area contributed by atoms with E-state index in [9.17, 15) is 18.4 Å². The molecular weight excluding hydrogens is 398 g/mol. The molecule has 1 aromatic heterocycles. The molecule has 0 aliphatic rings. The van der Waals surface area contributed by atoms with Gasteiger partial charge in [-0.2, -0.15) is 0 Å². The number of rotatable bonds is 6. The van der Waals surface area contributed by atoms with Crippen LogP contribution in [0.25, 0.3) is 22.2 Å². The third-order valence-electron chi connectivity index (χ3n) is 3.89. The summed E-state index contributed by atoms with van der Waals surface area (Å²) in [5.41, 5.74) is 8.13. The molecule has 1 atom stereocenters. The number of nitrogens with zero attached hydrogens (tertiary/aromatic N) is 1. The van der Waals surface area contributed by atoms with E-state index < -0.39 is 23.6 Å². The summed E-state index contributed by atoms with van der Waals surface area (Å²) in [6, 6.07) is 8.02. The van der Waals surface area contributed by atoms with Crippen LogP contribution in [0, 0.1) is 11.6 Å². The zero-order valence-corrected chi connectivity index (χ0v) is 15.6. The Kier molecular flexibility index (Phi) is 7.54. The van der Waals surface area contributed by atoms with Crippen LogP contribution >= 0.6 is 0 Å². The fourth-order valence-electron chi connectivity index (χ4n) is 2.61. The Bertz CT molecular complexity index is 1090. The number of aromatic nitrogens is 1. The summed E-state index contributed by atoms with van der Waals surface area (Å²) in [5.74, 6) is -3.35. The van der Waals surface area contributed by atoms with Gasteiger partial charge in [0.2, 0.25) is 0 Å². The second kappa shape index (κ2) is 10.1. The Hall–Kier alpha value is -3.85. The molecule has 1 heterocycles. The average molecular weight is 416 g/mol. The minimum Gasteiger partial charge on any atom is -0.478 e. The molecule has 0 aliphatic carbocycles. The predicted octanol–water partition coefficient (Wildman–Crippen LogP) is 4.06. The molecule has 1 unspecified atom stereocenters. The molecule has 0 saturated carbocycles. The van der Waals surface area contributed by atoms with Crippen molar-refractivity contribution in [3.8, 4) is 11.3 Å². The minimum atomic E-state index is -1.26. The van der Waals surface area contributed by atoms with Gasteiger partial charge in [-0.05, 0) is 42.3 Å². The van der Waals surface area contributed by atoms with E-state index in [0.29, 0.717) is 46.4 Å². The molecule has 0 fully saturated rings. The van der Waals surface area contributed by atoms with Crippen molar-refractivity contribution in [1.82, 2.24) is 5.16 Å². The first-order valence-electron chi connectivity index (χ1n) is 8.58. The average Bonchev–Trinajstić information content (AvgIpc) is 3.10. The van der Waals surface area contributed by atoms with Gasteiger partial charge < -0.3 is 20.5 Å². The summed E-state index contributed by atoms with van der Waals surface area (Å²) in [4.78, 5) is 19.1. The highest BCUT2D eigenvalue weighted by Crippen LogP contribution is 2.34. The molecule has 4 N–H and O–H groups in total. The summed E-state index contributed by atoms with van der Waals surface area (Å²) in [6.07, 6.45) is 3.34. The van der Waals surface area contributed by atoms with Crippen molar-refractivity contribution in [3.63, 3.8) is 0 Å². The van der Waals surface area contributed by atoms with E-state index in [1.54, 1.807) is 12.1 Å². The second-order valence-electron chi connectivity index (χ2n) is 6.04. The van der Waals surface area contributed by atoms with Crippen molar-refractivity contribution in [2.45, 2.75) is 12.5 Å². The highest BCUT2D eigenvalue weighted by Gasteiger charge is 2.18. The normalized spacial score (nSPS) is 11.7. The van der Waals surface area contributed by atoms with Crippen LogP contribution < -0.4 is 5.73 Å². The third kappa shape index (κ3) is 5.82. The number of aliphatic carboxylic acids is 2. The Morgan fingerprint density at radius 1 is 1.10 bits per heavy atom. The Balaban J connectivity index is 0.000000343. The third-order valence-corrected chi connectivity index (χ3v) is 3.89. The van der Waals surface area contributed by atoms with Crippen LogP contribution in [0.3, 0.4) is 0 Å². The Morgan fingerprint density at radius 2 is 1.70 bits per heavy atom. The Labute approximate surface area is 169 Å². The van der Waals surface area contributed by atoms with Crippen LogP contribution in [-0.2, 0) is 9.59 Å². The van der Waals surface area contributed by atoms with Crippen LogP contribution in [0.5, 0.6) is 0 Å². The molecule has 2 aromatic carbocycles. The monoisotopic (exact) mass is 416 g/mol. The van der Waals surface area contributed by atoms with Crippen LogP contribution in [0.4, 0.5) is 8.78 Å². The summed E-state index contributed by atoms with van der Waals surface area (Å²) in [6.45, 7) is 3.66. The van der Waals surface area contributed by atoms with Gasteiger partial charge in [0, 0.05) is 23.8 Å². The Morgan fingerprint density at radius 3 is 2.30 bits per heavy atom. The molecular formula is C21H18F2N2O5. The first-order valence-corrected chi connectivity index (χ1v) is 8.58. The van der Waals surface area contributed by atoms with Gasteiger partial charge in [0.05, 0.1) is 5.39 Å². The number of benzene rings is 2. The molecule has 0 aliphatic heterocycles. The van der Waals surface area contributed by atoms with Crippen LogP contribution in [0.1, 0.15) is 18.0 Å². The van der Waals surface area contributed by atoms with Crippen molar-refractivity contribution in [2.24, 2.45) is 5.73 Å². The van der Waals surface area contributed by atoms with E-state index in [-0.39, 0.29) is 6.04 Å². The topological polar surface area (TPSA) is 127 Å². The van der Waals surface area contributed by atoms with Gasteiger partial charge >= 0.3 is 11.9 Å². The van der Waals surface area contributed by atoms with Gasteiger partial charge in [-0.1, -0.05) is 17.3 Å². The lowest BCUT2D eigenvalue weighted by atomic mass is 9.95. The number of halogens is 2. The summed E-state index contributed by atoms with van der Waals surface area (Å²) >= 11 is 0. The standard InChI is InChI=1S/C17H14F2N2O.C4H4O4/c1-2-3-15(20)12-6-4-10(18)8-13(12)17-14-9-11(19)5-7-16(14)22-21-17;5-3(6)1-2-4(7)8/h2,4-9,15H,1,3,20H2;1-2H,(H,5,6)(H,7,8)/b;2-1+. The summed E-state index contributed by atoms with van der Waals surface area (Å²) in [7, 11) is 0. The molecule has 0 bridgehead atoms. The number of hydrogen-bond acceptors (Lipinski definition) is 5. The lowest BCUT2D eigenvalue weighted by Gasteiger charge is -2.14. The van der Waals surface area contributed by atoms with Crippen LogP contribution in [0.15, 0.2) is 65.7 Å². The number of carboxylic acids is 2. The minimum absolute atomic E-state index is 0.353. The number of carbonyl (C=O) groups is 2. The molecule has 9 heteroatoms. The van der Waals surface area contributed by atoms with Crippen molar-refractivity contribution in [3.05, 3.63) is 78.4 Å². The van der Waals surface area contributed by atoms with Crippen molar-refractivity contribution in [2.75, 3.05) is 0 Å². The van der Waals surface area contributed by atoms with E-state index in [1.807, 2.05) is 0 Å². The molecule has 3 rings (SSSR count). The van der Waals surface area contributed by atoms with Crippen molar-refractivity contribution >= 4 is 22.9 Å². The van der Waals surface area contributed by atoms with Crippen LogP contribution in [0.2, 0.25) is 0 Å².